The number of rotatable bonds is 4. The first kappa shape index (κ1) is 13.4. The van der Waals surface area contributed by atoms with E-state index < -0.39 is 0 Å². The lowest BCUT2D eigenvalue weighted by Gasteiger charge is -2.63. The molecule has 19 heavy (non-hydrogen) atoms. The van der Waals surface area contributed by atoms with Crippen LogP contribution in [0.5, 0.6) is 0 Å². The van der Waals surface area contributed by atoms with E-state index in [0.717, 1.165) is 35.7 Å². The van der Waals surface area contributed by atoms with E-state index >= 15 is 0 Å². The van der Waals surface area contributed by atoms with Crippen molar-refractivity contribution in [1.29, 1.82) is 0 Å². The van der Waals surface area contributed by atoms with Crippen molar-refractivity contribution in [3.8, 4) is 0 Å². The first-order valence-electron chi connectivity index (χ1n) is 8.12. The summed E-state index contributed by atoms with van der Waals surface area (Å²) in [6, 6.07) is 0. The van der Waals surface area contributed by atoms with Gasteiger partial charge in [-0.15, -0.1) is 0 Å². The van der Waals surface area contributed by atoms with Gasteiger partial charge in [-0.2, -0.15) is 0 Å². The molecule has 4 aliphatic rings. The van der Waals surface area contributed by atoms with E-state index in [1.165, 1.54) is 32.1 Å². The summed E-state index contributed by atoms with van der Waals surface area (Å²) >= 11 is 0. The molecule has 0 heterocycles. The van der Waals surface area contributed by atoms with Crippen LogP contribution >= 0.6 is 0 Å². The van der Waals surface area contributed by atoms with Gasteiger partial charge in [-0.05, 0) is 79.6 Å². The Labute approximate surface area is 117 Å². The monoisotopic (exact) mass is 260 g/mol. The minimum atomic E-state index is 0.295. The van der Waals surface area contributed by atoms with Crippen LogP contribution in [0.15, 0.2) is 12.2 Å². The fourth-order valence-electron chi connectivity index (χ4n) is 5.93. The van der Waals surface area contributed by atoms with Gasteiger partial charge >= 0.3 is 0 Å². The van der Waals surface area contributed by atoms with Gasteiger partial charge in [0.2, 0.25) is 0 Å². The van der Waals surface area contributed by atoms with E-state index in [1.54, 1.807) is 0 Å². The number of allylic oxidation sites excluding steroid dienone is 1. The maximum Gasteiger partial charge on any atom is 0.158 e. The molecular formula is C18H28O. The van der Waals surface area contributed by atoms with Crippen LogP contribution in [0.2, 0.25) is 0 Å². The van der Waals surface area contributed by atoms with Crippen LogP contribution in [0.4, 0.5) is 0 Å². The molecule has 0 N–H and O–H groups in total. The highest BCUT2D eigenvalue weighted by Gasteiger charge is 2.58. The first-order valence-corrected chi connectivity index (χ1v) is 8.12. The van der Waals surface area contributed by atoms with E-state index in [4.69, 9.17) is 0 Å². The minimum Gasteiger partial charge on any atom is -0.295 e. The Morgan fingerprint density at radius 2 is 1.58 bits per heavy atom. The van der Waals surface area contributed by atoms with Crippen molar-refractivity contribution in [2.75, 3.05) is 0 Å². The summed E-state index contributed by atoms with van der Waals surface area (Å²) in [6.07, 6.45) is 7.84. The molecule has 0 radical (unpaired) electrons. The van der Waals surface area contributed by atoms with Crippen molar-refractivity contribution in [2.45, 2.75) is 59.3 Å². The molecule has 0 saturated heterocycles. The molecule has 0 aromatic carbocycles. The lowest BCUT2D eigenvalue weighted by atomic mass is 9.41. The van der Waals surface area contributed by atoms with Crippen LogP contribution in [0.25, 0.3) is 0 Å². The Bertz CT molecular complexity index is 376. The Morgan fingerprint density at radius 1 is 1.11 bits per heavy atom. The second-order valence-corrected chi connectivity index (χ2v) is 7.95. The fourth-order valence-corrected chi connectivity index (χ4v) is 5.93. The highest BCUT2D eigenvalue weighted by Crippen LogP contribution is 2.66. The van der Waals surface area contributed by atoms with Gasteiger partial charge in [-0.25, -0.2) is 0 Å². The van der Waals surface area contributed by atoms with Gasteiger partial charge in [-0.3, -0.25) is 4.79 Å². The number of hydrogen-bond donors (Lipinski definition) is 0. The van der Waals surface area contributed by atoms with Gasteiger partial charge < -0.3 is 0 Å². The molecule has 1 heteroatoms. The predicted octanol–water partition coefficient (Wildman–Crippen LogP) is 4.62. The van der Waals surface area contributed by atoms with E-state index in [1.807, 2.05) is 6.92 Å². The van der Waals surface area contributed by atoms with Gasteiger partial charge in [0.05, 0.1) is 0 Å². The normalized spacial score (nSPS) is 43.8. The highest BCUT2D eigenvalue weighted by atomic mass is 16.1. The smallest absolute Gasteiger partial charge is 0.158 e. The zero-order valence-corrected chi connectivity index (χ0v) is 12.7. The molecule has 4 fully saturated rings. The van der Waals surface area contributed by atoms with Crippen LogP contribution in [0, 0.1) is 35.0 Å². The zero-order valence-electron chi connectivity index (χ0n) is 12.7. The molecule has 0 aromatic heterocycles. The molecule has 106 valence electrons. The van der Waals surface area contributed by atoms with E-state index in [-0.39, 0.29) is 0 Å². The lowest BCUT2D eigenvalue weighted by molar-refractivity contribution is -0.150. The number of ketones is 1. The van der Waals surface area contributed by atoms with Crippen molar-refractivity contribution >= 4 is 5.78 Å². The summed E-state index contributed by atoms with van der Waals surface area (Å²) in [6.45, 7) is 10.5. The summed E-state index contributed by atoms with van der Waals surface area (Å²) in [5.74, 6) is 4.54. The van der Waals surface area contributed by atoms with Crippen molar-refractivity contribution in [3.63, 3.8) is 0 Å². The average Bonchev–Trinajstić information content (AvgIpc) is 2.32. The van der Waals surface area contributed by atoms with Gasteiger partial charge in [0.25, 0.3) is 0 Å². The number of hydrogen-bond acceptors (Lipinski definition) is 1. The Hall–Kier alpha value is -0.590. The molecule has 0 aromatic rings. The molecule has 0 aliphatic heterocycles. The predicted molar refractivity (Wildman–Crippen MR) is 78.8 cm³/mol. The second-order valence-electron chi connectivity index (χ2n) is 7.95. The lowest BCUT2D eigenvalue weighted by Crippen LogP contribution is -2.56. The Balaban J connectivity index is 1.92. The molecule has 0 atom stereocenters. The second kappa shape index (κ2) is 4.46. The summed E-state index contributed by atoms with van der Waals surface area (Å²) < 4.78 is 0. The largest absolute Gasteiger partial charge is 0.295 e. The van der Waals surface area contributed by atoms with Crippen LogP contribution in [0.1, 0.15) is 59.3 Å². The Morgan fingerprint density at radius 3 is 1.95 bits per heavy atom. The molecule has 4 bridgehead atoms. The third-order valence-corrected chi connectivity index (χ3v) is 6.68. The van der Waals surface area contributed by atoms with E-state index in [9.17, 15) is 4.79 Å². The van der Waals surface area contributed by atoms with E-state index in [0.29, 0.717) is 17.1 Å². The van der Waals surface area contributed by atoms with Crippen LogP contribution in [0.3, 0.4) is 0 Å². The molecule has 4 rings (SSSR count). The first-order chi connectivity index (χ1) is 8.93. The number of carbonyl (C=O) groups is 1. The average molecular weight is 260 g/mol. The third kappa shape index (κ3) is 1.92. The van der Waals surface area contributed by atoms with Gasteiger partial charge in [0.15, 0.2) is 5.78 Å². The summed E-state index contributed by atoms with van der Waals surface area (Å²) in [7, 11) is 0. The number of Topliss-reactive ketones (excluding diaryl/α,β-unsaturated/α-hetero) is 1. The molecule has 1 nitrogen and oxygen atoms in total. The third-order valence-electron chi connectivity index (χ3n) is 6.68. The van der Waals surface area contributed by atoms with Crippen LogP contribution in [-0.2, 0) is 4.79 Å². The molecule has 0 unspecified atom stereocenters. The topological polar surface area (TPSA) is 17.1 Å². The minimum absolute atomic E-state index is 0.295. The van der Waals surface area contributed by atoms with E-state index in [2.05, 4.69) is 20.4 Å². The van der Waals surface area contributed by atoms with Crippen molar-refractivity contribution in [1.82, 2.24) is 0 Å². The quantitative estimate of drug-likeness (QED) is 0.674. The highest BCUT2D eigenvalue weighted by molar-refractivity contribution is 5.94. The molecule has 4 aliphatic carbocycles. The SMILES string of the molecule is C=C(C)C(=O)CC1(C(C)C)C2CC3CC(C2)CC1C3. The molecule has 0 amide bonds. The standard InChI is InChI=1S/C18H28O/c1-11(2)17(19)10-18(12(3)4)15-6-13-5-14(8-15)9-16(18)7-13/h12-16H,1,5-10H2,2-4H3. The molecule has 4 saturated carbocycles. The van der Waals surface area contributed by atoms with Crippen molar-refractivity contribution in [3.05, 3.63) is 12.2 Å². The summed E-state index contributed by atoms with van der Waals surface area (Å²) in [5, 5.41) is 0. The Kier molecular flexibility index (Phi) is 3.15. The van der Waals surface area contributed by atoms with Gasteiger partial charge in [0, 0.05) is 6.42 Å². The molecule has 0 spiro atoms. The van der Waals surface area contributed by atoms with Crippen molar-refractivity contribution < 1.29 is 4.79 Å². The van der Waals surface area contributed by atoms with Gasteiger partial charge in [-0.1, -0.05) is 20.4 Å². The maximum atomic E-state index is 12.3. The summed E-state index contributed by atoms with van der Waals surface area (Å²) in [4.78, 5) is 12.3. The van der Waals surface area contributed by atoms with Crippen molar-refractivity contribution in [2.24, 2.45) is 35.0 Å². The summed E-state index contributed by atoms with van der Waals surface area (Å²) in [5.41, 5.74) is 1.05. The number of carbonyl (C=O) groups excluding carboxylic acids is 1. The van der Waals surface area contributed by atoms with Crippen LogP contribution < -0.4 is 0 Å². The fraction of sp³-hybridized carbons (Fsp3) is 0.833. The molecular weight excluding hydrogens is 232 g/mol. The van der Waals surface area contributed by atoms with Crippen LogP contribution in [-0.4, -0.2) is 5.78 Å². The van der Waals surface area contributed by atoms with Gasteiger partial charge in [0.1, 0.15) is 0 Å². The zero-order chi connectivity index (χ0) is 13.8. The maximum absolute atomic E-state index is 12.3.